The maximum atomic E-state index is 11.4. The molecule has 0 aromatic heterocycles. The minimum absolute atomic E-state index is 0.211. The van der Waals surface area contributed by atoms with E-state index in [9.17, 15) is 13.2 Å². The molecule has 0 fully saturated rings. The molecule has 0 heterocycles. The molecule has 0 atom stereocenters. The standard InChI is InChI=1S/C11H18N4O3S/c1-13-11(16)8-3-4-10(9(12)7-8)14-5-6-15-19(2,17)18/h3-4,7,14-15H,5-6,12H2,1-2H3,(H,13,16). The summed E-state index contributed by atoms with van der Waals surface area (Å²) in [5, 5.41) is 5.49. The van der Waals surface area contributed by atoms with Crippen molar-refractivity contribution in [3.05, 3.63) is 23.8 Å². The molecular formula is C11H18N4O3S. The van der Waals surface area contributed by atoms with Crippen LogP contribution in [0.2, 0.25) is 0 Å². The van der Waals surface area contributed by atoms with Crippen LogP contribution in [-0.4, -0.2) is 40.7 Å². The fourth-order valence-corrected chi connectivity index (χ4v) is 1.92. The number of amides is 1. The Morgan fingerprint density at radius 1 is 1.32 bits per heavy atom. The van der Waals surface area contributed by atoms with E-state index in [1.165, 1.54) is 0 Å². The summed E-state index contributed by atoms with van der Waals surface area (Å²) in [6, 6.07) is 4.88. The number of rotatable bonds is 6. The van der Waals surface area contributed by atoms with Gasteiger partial charge in [-0.15, -0.1) is 0 Å². The van der Waals surface area contributed by atoms with Crippen LogP contribution >= 0.6 is 0 Å². The second kappa shape index (κ2) is 6.39. The Hall–Kier alpha value is -1.80. The first-order valence-corrected chi connectivity index (χ1v) is 7.53. The molecule has 7 nitrogen and oxygen atoms in total. The number of hydrogen-bond donors (Lipinski definition) is 4. The average Bonchev–Trinajstić information content (AvgIpc) is 2.33. The van der Waals surface area contributed by atoms with Crippen molar-refractivity contribution < 1.29 is 13.2 Å². The first kappa shape index (κ1) is 15.3. The predicted octanol–water partition coefficient (Wildman–Crippen LogP) is -0.410. The summed E-state index contributed by atoms with van der Waals surface area (Å²) in [4.78, 5) is 11.4. The Kier molecular flexibility index (Phi) is 5.13. The van der Waals surface area contributed by atoms with Gasteiger partial charge in [0.2, 0.25) is 10.0 Å². The summed E-state index contributed by atoms with van der Waals surface area (Å²) >= 11 is 0. The first-order valence-electron chi connectivity index (χ1n) is 5.63. The number of benzene rings is 1. The molecule has 0 spiro atoms. The Balaban J connectivity index is 2.58. The van der Waals surface area contributed by atoms with Crippen molar-refractivity contribution >= 4 is 27.3 Å². The van der Waals surface area contributed by atoms with E-state index >= 15 is 0 Å². The SMILES string of the molecule is CNC(=O)c1ccc(NCCNS(C)(=O)=O)c(N)c1. The van der Waals surface area contributed by atoms with E-state index < -0.39 is 10.0 Å². The third-order valence-electron chi connectivity index (χ3n) is 2.35. The molecule has 8 heteroatoms. The number of nitrogens with one attached hydrogen (secondary N) is 3. The number of hydrogen-bond acceptors (Lipinski definition) is 5. The van der Waals surface area contributed by atoms with Gasteiger partial charge in [-0.1, -0.05) is 0 Å². The maximum absolute atomic E-state index is 11.4. The number of carbonyl (C=O) groups is 1. The zero-order valence-corrected chi connectivity index (χ0v) is 11.7. The maximum Gasteiger partial charge on any atom is 0.251 e. The van der Waals surface area contributed by atoms with Crippen LogP contribution < -0.4 is 21.1 Å². The average molecular weight is 286 g/mol. The van der Waals surface area contributed by atoms with E-state index in [4.69, 9.17) is 5.73 Å². The van der Waals surface area contributed by atoms with Gasteiger partial charge in [0.15, 0.2) is 0 Å². The molecule has 5 N–H and O–H groups in total. The summed E-state index contributed by atoms with van der Waals surface area (Å²) in [7, 11) is -1.64. The molecule has 0 radical (unpaired) electrons. The zero-order valence-electron chi connectivity index (χ0n) is 10.9. The smallest absolute Gasteiger partial charge is 0.251 e. The fraction of sp³-hybridized carbons (Fsp3) is 0.364. The molecule has 1 rings (SSSR count). The van der Waals surface area contributed by atoms with Crippen molar-refractivity contribution in [2.45, 2.75) is 0 Å². The molecule has 106 valence electrons. The van der Waals surface area contributed by atoms with E-state index in [2.05, 4.69) is 15.4 Å². The van der Waals surface area contributed by atoms with Crippen LogP contribution in [0.25, 0.3) is 0 Å². The Labute approximate surface area is 112 Å². The van der Waals surface area contributed by atoms with Gasteiger partial charge in [0.1, 0.15) is 0 Å². The van der Waals surface area contributed by atoms with Crippen LogP contribution in [0.5, 0.6) is 0 Å². The van der Waals surface area contributed by atoms with Gasteiger partial charge in [0.25, 0.3) is 5.91 Å². The van der Waals surface area contributed by atoms with Crippen LogP contribution in [-0.2, 0) is 10.0 Å². The molecule has 0 bridgehead atoms. The molecule has 1 aromatic carbocycles. The third-order valence-corrected chi connectivity index (χ3v) is 3.07. The van der Waals surface area contributed by atoms with Gasteiger partial charge in [-0.25, -0.2) is 13.1 Å². The lowest BCUT2D eigenvalue weighted by molar-refractivity contribution is 0.0963. The largest absolute Gasteiger partial charge is 0.397 e. The van der Waals surface area contributed by atoms with E-state index in [0.29, 0.717) is 23.5 Å². The Morgan fingerprint density at radius 2 is 2.00 bits per heavy atom. The summed E-state index contributed by atoms with van der Waals surface area (Å²) in [5.74, 6) is -0.211. The highest BCUT2D eigenvalue weighted by atomic mass is 32.2. The predicted molar refractivity (Wildman–Crippen MR) is 75.6 cm³/mol. The third kappa shape index (κ3) is 5.14. The van der Waals surface area contributed by atoms with Crippen LogP contribution in [0.3, 0.4) is 0 Å². The van der Waals surface area contributed by atoms with E-state index in [1.54, 1.807) is 25.2 Å². The van der Waals surface area contributed by atoms with Crippen molar-refractivity contribution in [3.63, 3.8) is 0 Å². The van der Waals surface area contributed by atoms with Crippen LogP contribution in [0.1, 0.15) is 10.4 Å². The lowest BCUT2D eigenvalue weighted by Crippen LogP contribution is -2.27. The molecule has 1 amide bonds. The van der Waals surface area contributed by atoms with Gasteiger partial charge in [0, 0.05) is 25.7 Å². The molecule has 0 saturated heterocycles. The molecular weight excluding hydrogens is 268 g/mol. The second-order valence-electron chi connectivity index (χ2n) is 3.97. The van der Waals surface area contributed by atoms with E-state index in [1.807, 2.05) is 0 Å². The van der Waals surface area contributed by atoms with Crippen LogP contribution in [0.15, 0.2) is 18.2 Å². The van der Waals surface area contributed by atoms with Crippen molar-refractivity contribution in [3.8, 4) is 0 Å². The monoisotopic (exact) mass is 286 g/mol. The Morgan fingerprint density at radius 3 is 2.53 bits per heavy atom. The van der Waals surface area contributed by atoms with Crippen LogP contribution in [0, 0.1) is 0 Å². The number of carbonyl (C=O) groups excluding carboxylic acids is 1. The number of anilines is 2. The van der Waals surface area contributed by atoms with Crippen molar-refractivity contribution in [1.29, 1.82) is 0 Å². The highest BCUT2D eigenvalue weighted by molar-refractivity contribution is 7.88. The lowest BCUT2D eigenvalue weighted by atomic mass is 10.1. The minimum atomic E-state index is -3.18. The second-order valence-corrected chi connectivity index (χ2v) is 5.81. The summed E-state index contributed by atoms with van der Waals surface area (Å²) in [6.45, 7) is 0.659. The number of nitrogen functional groups attached to an aromatic ring is 1. The normalized spacial score (nSPS) is 11.1. The molecule has 0 saturated carbocycles. The van der Waals surface area contributed by atoms with Gasteiger partial charge < -0.3 is 16.4 Å². The molecule has 0 unspecified atom stereocenters. The molecule has 1 aromatic rings. The summed E-state index contributed by atoms with van der Waals surface area (Å²) in [5.41, 5.74) is 7.36. The van der Waals surface area contributed by atoms with E-state index in [-0.39, 0.29) is 12.5 Å². The molecule has 0 aliphatic rings. The number of nitrogens with two attached hydrogens (primary N) is 1. The van der Waals surface area contributed by atoms with Gasteiger partial charge in [-0.05, 0) is 18.2 Å². The first-order chi connectivity index (χ1) is 8.83. The van der Waals surface area contributed by atoms with Gasteiger partial charge in [-0.2, -0.15) is 0 Å². The highest BCUT2D eigenvalue weighted by Crippen LogP contribution is 2.19. The minimum Gasteiger partial charge on any atom is -0.397 e. The van der Waals surface area contributed by atoms with E-state index in [0.717, 1.165) is 6.26 Å². The fourth-order valence-electron chi connectivity index (χ4n) is 1.44. The van der Waals surface area contributed by atoms with Gasteiger partial charge in [0.05, 0.1) is 17.6 Å². The van der Waals surface area contributed by atoms with Crippen molar-refractivity contribution in [2.75, 3.05) is 37.4 Å². The van der Waals surface area contributed by atoms with Crippen molar-refractivity contribution in [1.82, 2.24) is 10.0 Å². The molecule has 0 aliphatic carbocycles. The number of sulfonamides is 1. The highest BCUT2D eigenvalue weighted by Gasteiger charge is 2.06. The quantitative estimate of drug-likeness (QED) is 0.419. The lowest BCUT2D eigenvalue weighted by Gasteiger charge is -2.10. The molecule has 19 heavy (non-hydrogen) atoms. The zero-order chi connectivity index (χ0) is 14.5. The molecule has 0 aliphatic heterocycles. The van der Waals surface area contributed by atoms with Gasteiger partial charge in [-0.3, -0.25) is 4.79 Å². The summed E-state index contributed by atoms with van der Waals surface area (Å²) in [6.07, 6.45) is 1.10. The van der Waals surface area contributed by atoms with Gasteiger partial charge >= 0.3 is 0 Å². The van der Waals surface area contributed by atoms with Crippen molar-refractivity contribution in [2.24, 2.45) is 0 Å². The topological polar surface area (TPSA) is 113 Å². The Bertz CT molecular complexity index is 557. The summed E-state index contributed by atoms with van der Waals surface area (Å²) < 4.78 is 24.1. The van der Waals surface area contributed by atoms with Crippen LogP contribution in [0.4, 0.5) is 11.4 Å².